The van der Waals surface area contributed by atoms with Crippen molar-refractivity contribution in [3.8, 4) is 0 Å². The van der Waals surface area contributed by atoms with Gasteiger partial charge in [0, 0.05) is 19.3 Å². The van der Waals surface area contributed by atoms with E-state index in [1.165, 1.54) is 154 Å². The summed E-state index contributed by atoms with van der Waals surface area (Å²) in [6, 6.07) is 0. The average molecular weight is 751 g/mol. The van der Waals surface area contributed by atoms with Crippen LogP contribution in [0, 0.1) is 5.92 Å². The summed E-state index contributed by atoms with van der Waals surface area (Å²) in [5, 5.41) is 0. The van der Waals surface area contributed by atoms with Crippen LogP contribution in [-0.2, 0) is 28.6 Å². The van der Waals surface area contributed by atoms with Crippen molar-refractivity contribution in [3.05, 3.63) is 0 Å². The summed E-state index contributed by atoms with van der Waals surface area (Å²) in [4.78, 5) is 37.7. The number of carbonyl (C=O) groups excluding carboxylic acids is 3. The molecule has 0 heterocycles. The summed E-state index contributed by atoms with van der Waals surface area (Å²) in [5.41, 5.74) is 0. The molecule has 53 heavy (non-hydrogen) atoms. The third kappa shape index (κ3) is 41.4. The van der Waals surface area contributed by atoms with Crippen LogP contribution in [0.25, 0.3) is 0 Å². The second-order valence-corrected chi connectivity index (χ2v) is 16.5. The maximum absolute atomic E-state index is 12.7. The Morgan fingerprint density at radius 1 is 0.358 bits per heavy atom. The van der Waals surface area contributed by atoms with Crippen LogP contribution >= 0.6 is 0 Å². The molecule has 0 spiro atoms. The van der Waals surface area contributed by atoms with E-state index in [0.29, 0.717) is 19.3 Å². The second-order valence-electron chi connectivity index (χ2n) is 16.5. The van der Waals surface area contributed by atoms with Crippen molar-refractivity contribution in [1.29, 1.82) is 0 Å². The standard InChI is InChI=1S/C47H90O6/c1-5-7-9-11-13-15-17-18-19-21-23-27-32-36-40-47(50)53-44(42-52-46(49)39-35-31-28-24-25-29-33-37-43(3)4)41-51-45(48)38-34-30-26-22-20-16-14-12-10-8-6-2/h43-44H,5-42H2,1-4H3/t44-/m0/s1. The van der Waals surface area contributed by atoms with Gasteiger partial charge in [0.25, 0.3) is 0 Å². The second kappa shape index (κ2) is 41.6. The molecule has 314 valence electrons. The van der Waals surface area contributed by atoms with Crippen LogP contribution in [0.2, 0.25) is 0 Å². The molecule has 0 aliphatic rings. The molecule has 0 aromatic carbocycles. The van der Waals surface area contributed by atoms with Crippen LogP contribution in [0.5, 0.6) is 0 Å². The fourth-order valence-electron chi connectivity index (χ4n) is 6.98. The summed E-state index contributed by atoms with van der Waals surface area (Å²) in [7, 11) is 0. The first-order chi connectivity index (χ1) is 25.9. The number of carbonyl (C=O) groups is 3. The van der Waals surface area contributed by atoms with Crippen molar-refractivity contribution >= 4 is 17.9 Å². The zero-order valence-corrected chi connectivity index (χ0v) is 36.0. The van der Waals surface area contributed by atoms with E-state index in [9.17, 15) is 14.4 Å². The Balaban J connectivity index is 4.32. The predicted molar refractivity (Wildman–Crippen MR) is 224 cm³/mol. The van der Waals surface area contributed by atoms with E-state index in [1.807, 2.05) is 0 Å². The molecular formula is C47H90O6. The number of unbranched alkanes of at least 4 members (excludes halogenated alkanes) is 29. The quantitative estimate of drug-likeness (QED) is 0.0351. The van der Waals surface area contributed by atoms with Crippen LogP contribution in [0.3, 0.4) is 0 Å². The third-order valence-electron chi connectivity index (χ3n) is 10.5. The maximum atomic E-state index is 12.7. The molecule has 0 aliphatic heterocycles. The lowest BCUT2D eigenvalue weighted by atomic mass is 10.0. The van der Waals surface area contributed by atoms with E-state index >= 15 is 0 Å². The Kier molecular flexibility index (Phi) is 40.3. The number of hydrogen-bond acceptors (Lipinski definition) is 6. The number of hydrogen-bond donors (Lipinski definition) is 0. The van der Waals surface area contributed by atoms with E-state index in [4.69, 9.17) is 14.2 Å². The number of rotatable bonds is 42. The van der Waals surface area contributed by atoms with Crippen LogP contribution in [0.4, 0.5) is 0 Å². The molecule has 0 aromatic rings. The fourth-order valence-corrected chi connectivity index (χ4v) is 6.98. The van der Waals surface area contributed by atoms with Crippen molar-refractivity contribution in [2.75, 3.05) is 13.2 Å². The van der Waals surface area contributed by atoms with Gasteiger partial charge in [-0.1, -0.05) is 220 Å². The minimum Gasteiger partial charge on any atom is -0.462 e. The van der Waals surface area contributed by atoms with Gasteiger partial charge in [-0.25, -0.2) is 0 Å². The summed E-state index contributed by atoms with van der Waals surface area (Å²) < 4.78 is 16.7. The molecule has 0 saturated carbocycles. The highest BCUT2D eigenvalue weighted by atomic mass is 16.6. The van der Waals surface area contributed by atoms with Gasteiger partial charge < -0.3 is 14.2 Å². The van der Waals surface area contributed by atoms with Crippen molar-refractivity contribution in [3.63, 3.8) is 0 Å². The van der Waals surface area contributed by atoms with E-state index in [-0.39, 0.29) is 31.1 Å². The van der Waals surface area contributed by atoms with Crippen molar-refractivity contribution in [2.24, 2.45) is 5.92 Å². The summed E-state index contributed by atoms with van der Waals surface area (Å²) in [5.74, 6) is -0.0733. The first-order valence-corrected chi connectivity index (χ1v) is 23.4. The Hall–Kier alpha value is -1.59. The SMILES string of the molecule is CCCCCCCCCCCCCCCCC(=O)O[C@@H](COC(=O)CCCCCCCCCCCCC)COC(=O)CCCCCCCCCC(C)C. The minimum absolute atomic E-state index is 0.0641. The molecule has 0 bridgehead atoms. The summed E-state index contributed by atoms with van der Waals surface area (Å²) in [6.07, 6.45) is 40.9. The van der Waals surface area contributed by atoms with Gasteiger partial charge in [-0.05, 0) is 25.2 Å². The molecule has 0 radical (unpaired) electrons. The Morgan fingerprint density at radius 2 is 0.623 bits per heavy atom. The molecule has 1 atom stereocenters. The van der Waals surface area contributed by atoms with Gasteiger partial charge in [0.2, 0.25) is 0 Å². The molecule has 0 aromatic heterocycles. The van der Waals surface area contributed by atoms with E-state index in [2.05, 4.69) is 27.7 Å². The average Bonchev–Trinajstić information content (AvgIpc) is 3.14. The van der Waals surface area contributed by atoms with Crippen molar-refractivity contribution in [2.45, 2.75) is 265 Å². The van der Waals surface area contributed by atoms with Gasteiger partial charge in [-0.2, -0.15) is 0 Å². The van der Waals surface area contributed by atoms with Gasteiger partial charge in [0.05, 0.1) is 0 Å². The van der Waals surface area contributed by atoms with Gasteiger partial charge in [0.15, 0.2) is 6.10 Å². The molecule has 0 aliphatic carbocycles. The van der Waals surface area contributed by atoms with E-state index < -0.39 is 6.10 Å². The molecule has 0 rings (SSSR count). The van der Waals surface area contributed by atoms with Crippen LogP contribution < -0.4 is 0 Å². The largest absolute Gasteiger partial charge is 0.462 e. The number of ether oxygens (including phenoxy) is 3. The Labute approximate surface area is 329 Å². The van der Waals surface area contributed by atoms with Crippen LogP contribution in [0.1, 0.15) is 259 Å². The molecule has 0 N–H and O–H groups in total. The van der Waals surface area contributed by atoms with Crippen molar-refractivity contribution < 1.29 is 28.6 Å². The highest BCUT2D eigenvalue weighted by molar-refractivity contribution is 5.71. The lowest BCUT2D eigenvalue weighted by Crippen LogP contribution is -2.30. The molecule has 0 fully saturated rings. The van der Waals surface area contributed by atoms with Crippen molar-refractivity contribution in [1.82, 2.24) is 0 Å². The van der Waals surface area contributed by atoms with Gasteiger partial charge in [0.1, 0.15) is 13.2 Å². The van der Waals surface area contributed by atoms with Crippen LogP contribution in [0.15, 0.2) is 0 Å². The summed E-state index contributed by atoms with van der Waals surface area (Å²) in [6.45, 7) is 8.95. The molecule has 0 unspecified atom stereocenters. The molecule has 0 amide bonds. The Bertz CT molecular complexity index is 796. The zero-order valence-electron chi connectivity index (χ0n) is 36.0. The lowest BCUT2D eigenvalue weighted by Gasteiger charge is -2.18. The monoisotopic (exact) mass is 751 g/mol. The fraction of sp³-hybridized carbons (Fsp3) is 0.936. The smallest absolute Gasteiger partial charge is 0.306 e. The van der Waals surface area contributed by atoms with Gasteiger partial charge in [-0.15, -0.1) is 0 Å². The van der Waals surface area contributed by atoms with E-state index in [1.54, 1.807) is 0 Å². The Morgan fingerprint density at radius 3 is 0.925 bits per heavy atom. The molecule has 0 saturated heterocycles. The zero-order chi connectivity index (χ0) is 38.9. The first-order valence-electron chi connectivity index (χ1n) is 23.4. The summed E-state index contributed by atoms with van der Waals surface area (Å²) >= 11 is 0. The normalized spacial score (nSPS) is 11.9. The predicted octanol–water partition coefficient (Wildman–Crippen LogP) is 14.7. The minimum atomic E-state index is -0.759. The van der Waals surface area contributed by atoms with Gasteiger partial charge in [-0.3, -0.25) is 14.4 Å². The first kappa shape index (κ1) is 51.4. The van der Waals surface area contributed by atoms with E-state index in [0.717, 1.165) is 63.7 Å². The molecule has 6 heteroatoms. The van der Waals surface area contributed by atoms with Gasteiger partial charge >= 0.3 is 17.9 Å². The highest BCUT2D eigenvalue weighted by Crippen LogP contribution is 2.16. The third-order valence-corrected chi connectivity index (χ3v) is 10.5. The van der Waals surface area contributed by atoms with Crippen LogP contribution in [-0.4, -0.2) is 37.2 Å². The highest BCUT2D eigenvalue weighted by Gasteiger charge is 2.19. The molecule has 6 nitrogen and oxygen atoms in total. The topological polar surface area (TPSA) is 78.9 Å². The maximum Gasteiger partial charge on any atom is 0.306 e. The number of esters is 3. The molecular weight excluding hydrogens is 661 g/mol. The lowest BCUT2D eigenvalue weighted by molar-refractivity contribution is -0.167.